The molecule has 1 rings (SSSR count). The van der Waals surface area contributed by atoms with Crippen LogP contribution in [-0.2, 0) is 0 Å². The maximum absolute atomic E-state index is 6.20. The van der Waals surface area contributed by atoms with Gasteiger partial charge in [-0.2, -0.15) is 0 Å². The highest BCUT2D eigenvalue weighted by molar-refractivity contribution is 8.16. The Morgan fingerprint density at radius 3 is 1.95 bits per heavy atom. The van der Waals surface area contributed by atoms with E-state index in [0.29, 0.717) is 5.92 Å². The van der Waals surface area contributed by atoms with Crippen LogP contribution in [0.4, 0.5) is 0 Å². The third-order valence-corrected chi connectivity index (χ3v) is 6.48. The molecule has 0 saturated heterocycles. The van der Waals surface area contributed by atoms with E-state index in [1.54, 1.807) is 0 Å². The molecule has 1 aliphatic heterocycles. The first kappa shape index (κ1) is 19.4. The van der Waals surface area contributed by atoms with Gasteiger partial charge in [0.05, 0.1) is 5.04 Å². The summed E-state index contributed by atoms with van der Waals surface area (Å²) in [6.07, 6.45) is 13.7. The summed E-state index contributed by atoms with van der Waals surface area (Å²) in [5.74, 6) is 0.441. The summed E-state index contributed by atoms with van der Waals surface area (Å²) in [6, 6.07) is 0. The summed E-state index contributed by atoms with van der Waals surface area (Å²) in [5.41, 5.74) is 0. The topological polar surface area (TPSA) is 12.4 Å². The van der Waals surface area contributed by atoms with Crippen LogP contribution < -0.4 is 0 Å². The zero-order valence-corrected chi connectivity index (χ0v) is 16.0. The van der Waals surface area contributed by atoms with Gasteiger partial charge in [0, 0.05) is 11.3 Å². The molecule has 0 bridgehead atoms. The average molecular weight is 332 g/mol. The molecule has 3 atom stereocenters. The first-order valence-electron chi connectivity index (χ1n) is 8.91. The fourth-order valence-corrected chi connectivity index (χ4v) is 4.50. The van der Waals surface area contributed by atoms with Gasteiger partial charge in [-0.1, -0.05) is 77.0 Å². The molecule has 0 aromatic heterocycles. The first-order valence-corrected chi connectivity index (χ1v) is 10.2. The predicted octanol–water partition coefficient (Wildman–Crippen LogP) is 7.03. The van der Waals surface area contributed by atoms with Gasteiger partial charge in [0.1, 0.15) is 4.87 Å². The Kier molecular flexibility index (Phi) is 9.36. The number of hydrogen-bond acceptors (Lipinski definition) is 2. The lowest BCUT2D eigenvalue weighted by Crippen LogP contribution is -2.40. The minimum Gasteiger partial charge on any atom is -0.265 e. The van der Waals surface area contributed by atoms with E-state index in [0.717, 1.165) is 0 Å². The molecule has 3 heteroatoms. The molecule has 1 unspecified atom stereocenters. The van der Waals surface area contributed by atoms with Gasteiger partial charge >= 0.3 is 0 Å². The Bertz CT molecular complexity index is 316. The van der Waals surface area contributed by atoms with Crippen molar-refractivity contribution in [2.45, 2.75) is 102 Å². The molecule has 0 fully saturated rings. The summed E-state index contributed by atoms with van der Waals surface area (Å²) in [6.45, 7) is 8.79. The molecule has 124 valence electrons. The van der Waals surface area contributed by atoms with Gasteiger partial charge in [-0.25, -0.2) is 0 Å². The Hall–Kier alpha value is 0.310. The largest absolute Gasteiger partial charge is 0.265 e. The van der Waals surface area contributed by atoms with Gasteiger partial charge in [0.25, 0.3) is 0 Å². The van der Waals surface area contributed by atoms with Gasteiger partial charge in [-0.05, 0) is 26.7 Å². The van der Waals surface area contributed by atoms with Crippen LogP contribution in [0.3, 0.4) is 0 Å². The predicted molar refractivity (Wildman–Crippen MR) is 99.8 cm³/mol. The number of aliphatic imine (C=N–C) groups is 1. The standard InChI is InChI=1S/C18H34ClNS/c1-5-6-7-8-9-10-11-12-13-14-17-20-18(4,21-17)15(2)16(3)19/h15-16H,5-14H2,1-4H3/t15-,16+,18?/m0/s1. The fourth-order valence-electron chi connectivity index (χ4n) is 2.81. The van der Waals surface area contributed by atoms with E-state index in [2.05, 4.69) is 27.7 Å². The van der Waals surface area contributed by atoms with Gasteiger partial charge in [0.15, 0.2) is 0 Å². The van der Waals surface area contributed by atoms with Gasteiger partial charge in [0.2, 0.25) is 0 Å². The SMILES string of the molecule is CCCCCCCCCCCC1=NC(C)([C@@H](C)[C@@H](C)Cl)S1. The average Bonchev–Trinajstić information content (AvgIpc) is 2.42. The van der Waals surface area contributed by atoms with E-state index in [9.17, 15) is 0 Å². The quantitative estimate of drug-likeness (QED) is 0.276. The molecule has 0 aromatic carbocycles. The molecule has 0 spiro atoms. The van der Waals surface area contributed by atoms with Crippen molar-refractivity contribution in [1.82, 2.24) is 0 Å². The van der Waals surface area contributed by atoms with Crippen molar-refractivity contribution >= 4 is 28.4 Å². The number of halogens is 1. The molecular formula is C18H34ClNS. The van der Waals surface area contributed by atoms with Crippen molar-refractivity contribution in [2.24, 2.45) is 10.9 Å². The molecule has 0 aromatic rings. The van der Waals surface area contributed by atoms with E-state index in [1.807, 2.05) is 11.8 Å². The molecule has 0 N–H and O–H groups in total. The highest BCUT2D eigenvalue weighted by Crippen LogP contribution is 2.47. The summed E-state index contributed by atoms with van der Waals surface area (Å²) in [4.78, 5) is 4.87. The lowest BCUT2D eigenvalue weighted by molar-refractivity contribution is 0.433. The zero-order chi connectivity index (χ0) is 15.7. The number of alkyl halides is 1. The number of unbranched alkanes of at least 4 members (excludes halogenated alkanes) is 8. The third kappa shape index (κ3) is 6.95. The molecule has 0 saturated carbocycles. The second-order valence-electron chi connectivity index (χ2n) is 6.71. The summed E-state index contributed by atoms with van der Waals surface area (Å²) in [5, 5.41) is 1.55. The summed E-state index contributed by atoms with van der Waals surface area (Å²) in [7, 11) is 0. The van der Waals surface area contributed by atoms with Crippen LogP contribution in [0.1, 0.15) is 91.9 Å². The Balaban J connectivity index is 2.00. The highest BCUT2D eigenvalue weighted by Gasteiger charge is 2.41. The third-order valence-electron chi connectivity index (χ3n) is 4.70. The van der Waals surface area contributed by atoms with Crippen LogP contribution >= 0.6 is 23.4 Å². The van der Waals surface area contributed by atoms with Crippen molar-refractivity contribution in [3.05, 3.63) is 0 Å². The van der Waals surface area contributed by atoms with Crippen molar-refractivity contribution in [3.63, 3.8) is 0 Å². The smallest absolute Gasteiger partial charge is 0.113 e. The molecule has 0 aliphatic carbocycles. The summed E-state index contributed by atoms with van der Waals surface area (Å²) >= 11 is 8.15. The van der Waals surface area contributed by atoms with Crippen molar-refractivity contribution < 1.29 is 0 Å². The van der Waals surface area contributed by atoms with E-state index in [4.69, 9.17) is 16.6 Å². The Labute approximate surface area is 141 Å². The van der Waals surface area contributed by atoms with E-state index < -0.39 is 0 Å². The van der Waals surface area contributed by atoms with Crippen LogP contribution in [0.15, 0.2) is 4.99 Å². The summed E-state index contributed by atoms with van der Waals surface area (Å²) < 4.78 is 0. The zero-order valence-electron chi connectivity index (χ0n) is 14.5. The number of rotatable bonds is 12. The van der Waals surface area contributed by atoms with Crippen LogP contribution in [0, 0.1) is 5.92 Å². The maximum atomic E-state index is 6.20. The number of hydrogen-bond donors (Lipinski definition) is 0. The molecule has 1 heterocycles. The van der Waals surface area contributed by atoms with Crippen LogP contribution in [-0.4, -0.2) is 15.3 Å². The molecular weight excluding hydrogens is 298 g/mol. The normalized spacial score (nSPS) is 24.3. The second kappa shape index (κ2) is 10.2. The molecule has 1 nitrogen and oxygen atoms in total. The molecule has 0 radical (unpaired) electrons. The second-order valence-corrected chi connectivity index (χ2v) is 8.90. The lowest BCUT2D eigenvalue weighted by Gasteiger charge is -2.40. The minimum atomic E-state index is 0.0375. The molecule has 21 heavy (non-hydrogen) atoms. The monoisotopic (exact) mass is 331 g/mol. The van der Waals surface area contributed by atoms with Crippen LogP contribution in [0.5, 0.6) is 0 Å². The fraction of sp³-hybridized carbons (Fsp3) is 0.944. The van der Waals surface area contributed by atoms with E-state index in [-0.39, 0.29) is 10.2 Å². The lowest BCUT2D eigenvalue weighted by atomic mass is 9.99. The molecule has 1 aliphatic rings. The maximum Gasteiger partial charge on any atom is 0.113 e. The molecule has 0 amide bonds. The highest BCUT2D eigenvalue weighted by atomic mass is 35.5. The Morgan fingerprint density at radius 2 is 1.48 bits per heavy atom. The first-order chi connectivity index (χ1) is 9.99. The number of thioether (sulfide) groups is 1. The van der Waals surface area contributed by atoms with Gasteiger partial charge in [-0.3, -0.25) is 4.99 Å². The van der Waals surface area contributed by atoms with Crippen LogP contribution in [0.2, 0.25) is 0 Å². The van der Waals surface area contributed by atoms with E-state index >= 15 is 0 Å². The van der Waals surface area contributed by atoms with Crippen molar-refractivity contribution in [1.29, 1.82) is 0 Å². The Morgan fingerprint density at radius 1 is 1.00 bits per heavy atom. The van der Waals surface area contributed by atoms with Crippen LogP contribution in [0.25, 0.3) is 0 Å². The number of nitrogens with zero attached hydrogens (tertiary/aromatic N) is 1. The minimum absolute atomic E-state index is 0.0375. The van der Waals surface area contributed by atoms with Gasteiger partial charge in [-0.15, -0.1) is 11.6 Å². The van der Waals surface area contributed by atoms with Gasteiger partial charge < -0.3 is 0 Å². The van der Waals surface area contributed by atoms with E-state index in [1.165, 1.54) is 69.3 Å². The van der Waals surface area contributed by atoms with Crippen molar-refractivity contribution in [2.75, 3.05) is 0 Å². The van der Waals surface area contributed by atoms with Crippen molar-refractivity contribution in [3.8, 4) is 0 Å².